The third kappa shape index (κ3) is 0.967. The molecule has 1 saturated carbocycles. The maximum Gasteiger partial charge on any atom is 0.0759 e. The summed E-state index contributed by atoms with van der Waals surface area (Å²) in [4.78, 5) is 2.41. The highest BCUT2D eigenvalue weighted by Gasteiger charge is 2.49. The van der Waals surface area contributed by atoms with E-state index in [4.69, 9.17) is 0 Å². The Bertz CT molecular complexity index is 349. The van der Waals surface area contributed by atoms with Crippen LogP contribution in [-0.4, -0.2) is 28.3 Å². The summed E-state index contributed by atoms with van der Waals surface area (Å²) in [6, 6.07) is 2.22. The second-order valence-electron chi connectivity index (χ2n) is 4.59. The van der Waals surface area contributed by atoms with Crippen molar-refractivity contribution in [3.63, 3.8) is 0 Å². The van der Waals surface area contributed by atoms with Crippen molar-refractivity contribution in [1.29, 1.82) is 0 Å². The summed E-state index contributed by atoms with van der Waals surface area (Å²) in [7, 11) is 2.20. The van der Waals surface area contributed by atoms with Gasteiger partial charge in [0, 0.05) is 13.1 Å². The molecular weight excluding hydrogens is 162 g/mol. The van der Waals surface area contributed by atoms with Gasteiger partial charge >= 0.3 is 0 Å². The topological polar surface area (TPSA) is 21.1 Å². The van der Waals surface area contributed by atoms with Crippen LogP contribution in [0.5, 0.6) is 0 Å². The highest BCUT2D eigenvalue weighted by atomic mass is 15.4. The summed E-state index contributed by atoms with van der Waals surface area (Å²) in [5.74, 6) is 0. The van der Waals surface area contributed by atoms with E-state index in [1.165, 1.54) is 25.1 Å². The Labute approximate surface area is 78.3 Å². The maximum atomic E-state index is 4.59. The molecule has 1 fully saturated rings. The lowest BCUT2D eigenvalue weighted by atomic mass is 10.2. The van der Waals surface area contributed by atoms with Crippen LogP contribution in [0.2, 0.25) is 0 Å². The lowest BCUT2D eigenvalue weighted by Gasteiger charge is -2.31. The Hall–Kier alpha value is -0.830. The van der Waals surface area contributed by atoms with Gasteiger partial charge in [-0.1, -0.05) is 0 Å². The lowest BCUT2D eigenvalue weighted by Crippen LogP contribution is -2.40. The van der Waals surface area contributed by atoms with Crippen LogP contribution in [0.1, 0.15) is 24.2 Å². The van der Waals surface area contributed by atoms with E-state index < -0.39 is 0 Å². The quantitative estimate of drug-likeness (QED) is 0.592. The van der Waals surface area contributed by atoms with E-state index in [1.54, 1.807) is 0 Å². The molecule has 0 bridgehead atoms. The number of likely N-dealkylation sites (N-methyl/N-ethyl adjacent to an activating group) is 1. The first-order chi connectivity index (χ1) is 6.20. The van der Waals surface area contributed by atoms with Gasteiger partial charge in [-0.3, -0.25) is 9.58 Å². The number of hydrogen-bond donors (Lipinski definition) is 0. The first kappa shape index (κ1) is 7.56. The fourth-order valence-corrected chi connectivity index (χ4v) is 2.49. The van der Waals surface area contributed by atoms with Crippen molar-refractivity contribution in [2.45, 2.75) is 31.8 Å². The summed E-state index contributed by atoms with van der Waals surface area (Å²) in [5, 5.41) is 4.59. The molecule has 3 nitrogen and oxygen atoms in total. The largest absolute Gasteiger partial charge is 0.298 e. The summed E-state index contributed by atoms with van der Waals surface area (Å²) >= 11 is 0. The van der Waals surface area contributed by atoms with Crippen LogP contribution in [0.4, 0.5) is 0 Å². The molecule has 0 amide bonds. The molecule has 3 heteroatoms. The van der Waals surface area contributed by atoms with Crippen molar-refractivity contribution in [3.05, 3.63) is 17.5 Å². The first-order valence-corrected chi connectivity index (χ1v) is 4.94. The third-order valence-corrected chi connectivity index (χ3v) is 3.18. The number of fused-ring (bicyclic) bond motifs is 2. The van der Waals surface area contributed by atoms with Gasteiger partial charge in [-0.15, -0.1) is 0 Å². The zero-order valence-electron chi connectivity index (χ0n) is 8.25. The minimum Gasteiger partial charge on any atom is -0.298 e. The second-order valence-corrected chi connectivity index (χ2v) is 4.59. The van der Waals surface area contributed by atoms with Gasteiger partial charge in [0.1, 0.15) is 0 Å². The van der Waals surface area contributed by atoms with Gasteiger partial charge in [0.2, 0.25) is 0 Å². The van der Waals surface area contributed by atoms with Gasteiger partial charge in [-0.25, -0.2) is 0 Å². The highest BCUT2D eigenvalue weighted by molar-refractivity contribution is 5.18. The fraction of sp³-hybridized carbons (Fsp3) is 0.700. The number of nitrogens with zero attached hydrogens (tertiary/aromatic N) is 3. The van der Waals surface area contributed by atoms with Gasteiger partial charge in [0.25, 0.3) is 0 Å². The SMILES string of the molecule is Cc1cc2n(n1)C1(CC1)CN(C)C2. The molecule has 0 N–H and O–H groups in total. The molecule has 70 valence electrons. The zero-order valence-corrected chi connectivity index (χ0v) is 8.25. The van der Waals surface area contributed by atoms with Crippen molar-refractivity contribution in [3.8, 4) is 0 Å². The van der Waals surface area contributed by atoms with Crippen molar-refractivity contribution >= 4 is 0 Å². The molecule has 3 rings (SSSR count). The van der Waals surface area contributed by atoms with E-state index in [2.05, 4.69) is 34.7 Å². The van der Waals surface area contributed by atoms with E-state index in [0.717, 1.165) is 12.2 Å². The Balaban J connectivity index is 2.12. The Kier molecular flexibility index (Phi) is 1.25. The van der Waals surface area contributed by atoms with E-state index in [9.17, 15) is 0 Å². The highest BCUT2D eigenvalue weighted by Crippen LogP contribution is 2.46. The van der Waals surface area contributed by atoms with Gasteiger partial charge in [-0.2, -0.15) is 5.10 Å². The normalized spacial score (nSPS) is 24.8. The Morgan fingerprint density at radius 1 is 1.46 bits per heavy atom. The maximum absolute atomic E-state index is 4.59. The van der Waals surface area contributed by atoms with Crippen LogP contribution in [-0.2, 0) is 12.1 Å². The second kappa shape index (κ2) is 2.15. The molecule has 1 aliphatic carbocycles. The number of rotatable bonds is 0. The molecule has 2 heterocycles. The molecule has 1 aromatic rings. The number of aromatic nitrogens is 2. The van der Waals surface area contributed by atoms with Gasteiger partial charge in [-0.05, 0) is 32.9 Å². The minimum atomic E-state index is 0.386. The molecule has 0 radical (unpaired) electrons. The molecule has 0 atom stereocenters. The molecule has 0 unspecified atom stereocenters. The van der Waals surface area contributed by atoms with Crippen LogP contribution < -0.4 is 0 Å². The van der Waals surface area contributed by atoms with Crippen LogP contribution in [0.3, 0.4) is 0 Å². The van der Waals surface area contributed by atoms with E-state index in [0.29, 0.717) is 5.54 Å². The molecule has 2 aliphatic rings. The van der Waals surface area contributed by atoms with Crippen molar-refractivity contribution in [2.24, 2.45) is 0 Å². The number of aryl methyl sites for hydroxylation is 1. The van der Waals surface area contributed by atoms with Crippen LogP contribution in [0, 0.1) is 6.92 Å². The van der Waals surface area contributed by atoms with Crippen LogP contribution >= 0.6 is 0 Å². The van der Waals surface area contributed by atoms with E-state index in [1.807, 2.05) is 0 Å². The lowest BCUT2D eigenvalue weighted by molar-refractivity contribution is 0.194. The van der Waals surface area contributed by atoms with Gasteiger partial charge < -0.3 is 0 Å². The minimum absolute atomic E-state index is 0.386. The summed E-state index contributed by atoms with van der Waals surface area (Å²) in [6.45, 7) is 4.32. The van der Waals surface area contributed by atoms with Crippen LogP contribution in [0.25, 0.3) is 0 Å². The molecule has 0 aromatic carbocycles. The molecule has 0 saturated heterocycles. The Morgan fingerprint density at radius 2 is 2.23 bits per heavy atom. The van der Waals surface area contributed by atoms with Gasteiger partial charge in [0.15, 0.2) is 0 Å². The van der Waals surface area contributed by atoms with E-state index >= 15 is 0 Å². The van der Waals surface area contributed by atoms with Crippen molar-refractivity contribution < 1.29 is 0 Å². The average molecular weight is 177 g/mol. The van der Waals surface area contributed by atoms with Gasteiger partial charge in [0.05, 0.1) is 16.9 Å². The van der Waals surface area contributed by atoms with E-state index in [-0.39, 0.29) is 0 Å². The third-order valence-electron chi connectivity index (χ3n) is 3.18. The monoisotopic (exact) mass is 177 g/mol. The predicted molar refractivity (Wildman–Crippen MR) is 50.5 cm³/mol. The summed E-state index contributed by atoms with van der Waals surface area (Å²) < 4.78 is 2.28. The summed E-state index contributed by atoms with van der Waals surface area (Å²) in [5.41, 5.74) is 2.94. The standard InChI is InChI=1S/C10H15N3/c1-8-5-9-6-12(2)7-10(3-4-10)13(9)11-8/h5H,3-4,6-7H2,1-2H3. The molecule has 1 aliphatic heterocycles. The average Bonchev–Trinajstić information content (AvgIpc) is 2.68. The number of hydrogen-bond acceptors (Lipinski definition) is 2. The van der Waals surface area contributed by atoms with Crippen molar-refractivity contribution in [1.82, 2.24) is 14.7 Å². The van der Waals surface area contributed by atoms with Crippen LogP contribution in [0.15, 0.2) is 6.07 Å². The zero-order chi connectivity index (χ0) is 9.05. The molecular formula is C10H15N3. The smallest absolute Gasteiger partial charge is 0.0759 e. The fourth-order valence-electron chi connectivity index (χ4n) is 2.49. The molecule has 1 aromatic heterocycles. The molecule has 13 heavy (non-hydrogen) atoms. The first-order valence-electron chi connectivity index (χ1n) is 4.94. The van der Waals surface area contributed by atoms with Crippen molar-refractivity contribution in [2.75, 3.05) is 13.6 Å². The summed E-state index contributed by atoms with van der Waals surface area (Å²) in [6.07, 6.45) is 2.62. The Morgan fingerprint density at radius 3 is 2.92 bits per heavy atom. The predicted octanol–water partition coefficient (Wildman–Crippen LogP) is 1.13. The molecule has 1 spiro atoms.